The van der Waals surface area contributed by atoms with E-state index in [0.29, 0.717) is 25.7 Å². The lowest BCUT2D eigenvalue weighted by atomic mass is 9.84. The highest BCUT2D eigenvalue weighted by molar-refractivity contribution is 7.88. The normalized spacial score (nSPS) is 19.7. The van der Waals surface area contributed by atoms with Crippen LogP contribution in [0.25, 0.3) is 0 Å². The number of hydrogen-bond donors (Lipinski definition) is 0. The largest absolute Gasteiger partial charge is 0.416 e. The number of allylic oxidation sites excluding steroid dienone is 1. The van der Waals surface area contributed by atoms with Gasteiger partial charge in [0.05, 0.1) is 5.57 Å². The van der Waals surface area contributed by atoms with Crippen LogP contribution in [-0.2, 0) is 10.8 Å². The van der Waals surface area contributed by atoms with Crippen LogP contribution in [0, 0.1) is 12.8 Å². The van der Waals surface area contributed by atoms with Gasteiger partial charge in [0.25, 0.3) is 0 Å². The molecular formula is C16H18F4OS. The van der Waals surface area contributed by atoms with E-state index in [1.54, 1.807) is 19.1 Å². The maximum atomic E-state index is 14.4. The molecule has 0 N–H and O–H groups in total. The molecule has 1 aromatic carbocycles. The summed E-state index contributed by atoms with van der Waals surface area (Å²) in [5.41, 5.74) is -0.362. The molecule has 1 aliphatic rings. The third-order valence-corrected chi connectivity index (χ3v) is 5.17. The smallest absolute Gasteiger partial charge is 0.247 e. The van der Waals surface area contributed by atoms with Crippen LogP contribution in [-0.4, -0.2) is 10.4 Å². The minimum Gasteiger partial charge on any atom is -0.247 e. The molecule has 1 saturated carbocycles. The molecule has 1 aliphatic carbocycles. The highest BCUT2D eigenvalue weighted by Gasteiger charge is 2.43. The predicted molar refractivity (Wildman–Crippen MR) is 78.4 cm³/mol. The Morgan fingerprint density at radius 2 is 1.64 bits per heavy atom. The average molecular weight is 334 g/mol. The van der Waals surface area contributed by atoms with Gasteiger partial charge in [-0.05, 0) is 37.8 Å². The fourth-order valence-corrected chi connectivity index (χ4v) is 3.83. The summed E-state index contributed by atoms with van der Waals surface area (Å²) in [4.78, 5) is 0.0562. The summed E-state index contributed by atoms with van der Waals surface area (Å²) in [5, 5.41) is -1.54. The summed E-state index contributed by atoms with van der Waals surface area (Å²) < 4.78 is 66.3. The molecule has 1 atom stereocenters. The monoisotopic (exact) mass is 334 g/mol. The molecule has 6 heteroatoms. The van der Waals surface area contributed by atoms with Crippen molar-refractivity contribution < 1.29 is 21.8 Å². The first-order chi connectivity index (χ1) is 10.3. The molecule has 1 fully saturated rings. The zero-order chi connectivity index (χ0) is 16.3. The molecule has 2 rings (SSSR count). The Kier molecular flexibility index (Phi) is 5.42. The number of aryl methyl sites for hydroxylation is 1. The summed E-state index contributed by atoms with van der Waals surface area (Å²) in [7, 11) is -2.42. The van der Waals surface area contributed by atoms with Crippen LogP contribution in [0.1, 0.15) is 37.7 Å². The van der Waals surface area contributed by atoms with Crippen molar-refractivity contribution in [2.75, 3.05) is 0 Å². The van der Waals surface area contributed by atoms with Crippen molar-refractivity contribution in [3.8, 4) is 0 Å². The molecule has 1 unspecified atom stereocenters. The van der Waals surface area contributed by atoms with Crippen LogP contribution in [0.15, 0.2) is 39.9 Å². The zero-order valence-corrected chi connectivity index (χ0v) is 13.1. The van der Waals surface area contributed by atoms with Gasteiger partial charge in [0.2, 0.25) is 0 Å². The molecule has 0 spiro atoms. The van der Waals surface area contributed by atoms with Gasteiger partial charge in [0.1, 0.15) is 10.8 Å². The van der Waals surface area contributed by atoms with E-state index >= 15 is 0 Å². The van der Waals surface area contributed by atoms with Gasteiger partial charge in [-0.3, -0.25) is 0 Å². The first-order valence-electron chi connectivity index (χ1n) is 7.26. The lowest BCUT2D eigenvalue weighted by Gasteiger charge is -2.26. The third-order valence-electron chi connectivity index (χ3n) is 3.93. The topological polar surface area (TPSA) is 17.1 Å². The highest BCUT2D eigenvalue weighted by atomic mass is 32.2. The Hall–Kier alpha value is -1.17. The number of alkyl halides is 3. The minimum absolute atomic E-state index is 0.0562. The van der Waals surface area contributed by atoms with Crippen molar-refractivity contribution in [3.05, 3.63) is 40.6 Å². The second-order valence-electron chi connectivity index (χ2n) is 5.60. The predicted octanol–water partition coefficient (Wildman–Crippen LogP) is 5.43. The second-order valence-corrected chi connectivity index (χ2v) is 6.97. The van der Waals surface area contributed by atoms with Crippen LogP contribution in [0.5, 0.6) is 0 Å². The molecule has 0 heterocycles. The molecule has 0 amide bonds. The van der Waals surface area contributed by atoms with Gasteiger partial charge in [0, 0.05) is 4.90 Å². The Morgan fingerprint density at radius 3 is 2.14 bits per heavy atom. The first-order valence-corrected chi connectivity index (χ1v) is 8.41. The van der Waals surface area contributed by atoms with Crippen molar-refractivity contribution in [2.45, 2.75) is 50.1 Å². The van der Waals surface area contributed by atoms with E-state index in [4.69, 9.17) is 0 Å². The van der Waals surface area contributed by atoms with Crippen LogP contribution in [0.3, 0.4) is 0 Å². The van der Waals surface area contributed by atoms with Gasteiger partial charge in [0.15, 0.2) is 5.16 Å². The molecule has 0 aliphatic heterocycles. The number of rotatable bonds is 3. The van der Waals surface area contributed by atoms with Gasteiger partial charge < -0.3 is 0 Å². The van der Waals surface area contributed by atoms with E-state index in [1.165, 1.54) is 12.1 Å². The van der Waals surface area contributed by atoms with Gasteiger partial charge in [-0.1, -0.05) is 37.0 Å². The molecule has 0 aromatic heterocycles. The van der Waals surface area contributed by atoms with E-state index in [-0.39, 0.29) is 4.90 Å². The van der Waals surface area contributed by atoms with Crippen LogP contribution < -0.4 is 0 Å². The van der Waals surface area contributed by atoms with E-state index in [0.717, 1.165) is 12.0 Å². The van der Waals surface area contributed by atoms with E-state index in [2.05, 4.69) is 0 Å². The maximum absolute atomic E-state index is 14.4. The number of halogens is 4. The molecule has 0 bridgehead atoms. The summed E-state index contributed by atoms with van der Waals surface area (Å²) >= 11 is 0. The molecule has 0 saturated heterocycles. The average Bonchev–Trinajstić information content (AvgIpc) is 2.47. The van der Waals surface area contributed by atoms with Crippen LogP contribution in [0.2, 0.25) is 0 Å². The molecule has 122 valence electrons. The fraction of sp³-hybridized carbons (Fsp3) is 0.500. The van der Waals surface area contributed by atoms with E-state index in [1.807, 2.05) is 0 Å². The summed E-state index contributed by atoms with van der Waals surface area (Å²) in [6.07, 6.45) is -2.03. The van der Waals surface area contributed by atoms with Crippen LogP contribution in [0.4, 0.5) is 17.6 Å². The number of benzene rings is 1. The summed E-state index contributed by atoms with van der Waals surface area (Å²) in [6, 6.07) is 6.02. The van der Waals surface area contributed by atoms with Crippen LogP contribution >= 0.6 is 0 Å². The van der Waals surface area contributed by atoms with Crippen molar-refractivity contribution in [3.63, 3.8) is 0 Å². The van der Waals surface area contributed by atoms with Gasteiger partial charge in [-0.15, -0.1) is 0 Å². The quantitative estimate of drug-likeness (QED) is 0.674. The molecule has 22 heavy (non-hydrogen) atoms. The SMILES string of the molecule is Cc1ccc(S(=O)/C(F)=C(\C2CCCCC2)C(F)(F)F)cc1. The highest BCUT2D eigenvalue weighted by Crippen LogP contribution is 2.42. The summed E-state index contributed by atoms with van der Waals surface area (Å²) in [5.74, 6) is -0.886. The molecule has 1 nitrogen and oxygen atoms in total. The van der Waals surface area contributed by atoms with Crippen molar-refractivity contribution in [1.29, 1.82) is 0 Å². The Balaban J connectivity index is 2.39. The molecule has 1 aromatic rings. The van der Waals surface area contributed by atoms with Gasteiger partial charge >= 0.3 is 6.18 Å². The fourth-order valence-electron chi connectivity index (χ4n) is 2.76. The van der Waals surface area contributed by atoms with Crippen molar-refractivity contribution in [2.24, 2.45) is 5.92 Å². The Labute approximate surface area is 129 Å². The van der Waals surface area contributed by atoms with Gasteiger partial charge in [-0.2, -0.15) is 17.6 Å². The van der Waals surface area contributed by atoms with Gasteiger partial charge in [-0.25, -0.2) is 4.21 Å². The van der Waals surface area contributed by atoms with Crippen molar-refractivity contribution >= 4 is 10.8 Å². The standard InChI is InChI=1S/C16H18F4OS/c1-11-7-9-13(10-8-11)22(21)15(17)14(16(18,19)20)12-5-3-2-4-6-12/h7-10,12H,2-6H2,1H3/b15-14+. The maximum Gasteiger partial charge on any atom is 0.416 e. The Bertz CT molecular complexity index is 569. The minimum atomic E-state index is -4.79. The summed E-state index contributed by atoms with van der Waals surface area (Å²) in [6.45, 7) is 1.79. The molecule has 0 radical (unpaired) electrons. The Morgan fingerprint density at radius 1 is 1.09 bits per heavy atom. The third kappa shape index (κ3) is 3.97. The van der Waals surface area contributed by atoms with E-state index < -0.39 is 33.6 Å². The lowest BCUT2D eigenvalue weighted by Crippen LogP contribution is -2.24. The molecular weight excluding hydrogens is 316 g/mol. The first kappa shape index (κ1) is 17.2. The zero-order valence-electron chi connectivity index (χ0n) is 12.3. The second kappa shape index (κ2) is 6.94. The lowest BCUT2D eigenvalue weighted by molar-refractivity contribution is -0.102. The van der Waals surface area contributed by atoms with E-state index in [9.17, 15) is 21.8 Å². The van der Waals surface area contributed by atoms with Crippen molar-refractivity contribution in [1.82, 2.24) is 0 Å². The number of hydrogen-bond acceptors (Lipinski definition) is 1.